The summed E-state index contributed by atoms with van der Waals surface area (Å²) in [6.07, 6.45) is 2.47. The Balaban J connectivity index is 1.56. The number of benzene rings is 1. The molecule has 1 aliphatic heterocycles. The minimum Gasteiger partial charge on any atom is -0.332 e. The van der Waals surface area contributed by atoms with Crippen LogP contribution in [0.3, 0.4) is 0 Å². The van der Waals surface area contributed by atoms with Crippen LogP contribution in [-0.2, 0) is 16.0 Å². The maximum absolute atomic E-state index is 12.4. The molecule has 3 rings (SSSR count). The number of aromatic nitrogens is 1. The van der Waals surface area contributed by atoms with Gasteiger partial charge in [0, 0.05) is 35.8 Å². The maximum Gasteiger partial charge on any atom is 0.247 e. The van der Waals surface area contributed by atoms with Gasteiger partial charge in [0.1, 0.15) is 12.4 Å². The molecule has 0 N–H and O–H groups in total. The van der Waals surface area contributed by atoms with Crippen LogP contribution < -0.4 is 4.90 Å². The van der Waals surface area contributed by atoms with E-state index in [-0.39, 0.29) is 18.4 Å². The molecule has 7 heteroatoms. The highest BCUT2D eigenvalue weighted by molar-refractivity contribution is 6.35. The lowest BCUT2D eigenvalue weighted by atomic mass is 10.1. The van der Waals surface area contributed by atoms with Crippen molar-refractivity contribution < 1.29 is 9.59 Å². The number of rotatable bonds is 4. The molecule has 2 aromatic rings. The molecule has 2 amide bonds. The summed E-state index contributed by atoms with van der Waals surface area (Å²) < 4.78 is 0. The molecule has 2 heterocycles. The van der Waals surface area contributed by atoms with Crippen LogP contribution >= 0.6 is 23.2 Å². The van der Waals surface area contributed by atoms with E-state index < -0.39 is 0 Å². The van der Waals surface area contributed by atoms with E-state index in [2.05, 4.69) is 4.98 Å². The van der Waals surface area contributed by atoms with E-state index >= 15 is 0 Å². The normalized spacial score (nSPS) is 14.7. The van der Waals surface area contributed by atoms with Crippen LogP contribution in [0, 0.1) is 0 Å². The number of halogens is 2. The number of aryl methyl sites for hydroxylation is 1. The Morgan fingerprint density at radius 1 is 1.16 bits per heavy atom. The quantitative estimate of drug-likeness (QED) is 0.821. The van der Waals surface area contributed by atoms with Crippen LogP contribution in [0.15, 0.2) is 42.6 Å². The fourth-order valence-electron chi connectivity index (χ4n) is 2.77. The zero-order chi connectivity index (χ0) is 17.8. The van der Waals surface area contributed by atoms with Gasteiger partial charge >= 0.3 is 0 Å². The van der Waals surface area contributed by atoms with Crippen molar-refractivity contribution in [3.63, 3.8) is 0 Å². The molecule has 0 radical (unpaired) electrons. The first kappa shape index (κ1) is 17.7. The zero-order valence-corrected chi connectivity index (χ0v) is 15.0. The minimum atomic E-state index is -0.122. The number of hydrogen-bond donors (Lipinski definition) is 0. The van der Waals surface area contributed by atoms with Crippen LogP contribution in [-0.4, -0.2) is 41.3 Å². The Bertz CT molecular complexity index is 783. The minimum absolute atomic E-state index is 0.0555. The molecular weight excluding hydrogens is 361 g/mol. The lowest BCUT2D eigenvalue weighted by Gasteiger charge is -2.33. The summed E-state index contributed by atoms with van der Waals surface area (Å²) in [6, 6.07) is 10.7. The van der Waals surface area contributed by atoms with E-state index in [0.29, 0.717) is 41.8 Å². The third-order valence-electron chi connectivity index (χ3n) is 4.12. The number of piperazine rings is 1. The van der Waals surface area contributed by atoms with Gasteiger partial charge in [0.05, 0.1) is 0 Å². The van der Waals surface area contributed by atoms with Gasteiger partial charge in [0.2, 0.25) is 11.8 Å². The first-order valence-electron chi connectivity index (χ1n) is 7.97. The summed E-state index contributed by atoms with van der Waals surface area (Å²) in [7, 11) is 0. The Kier molecular flexibility index (Phi) is 5.56. The number of nitrogens with zero attached hydrogens (tertiary/aromatic N) is 3. The summed E-state index contributed by atoms with van der Waals surface area (Å²) in [5.74, 6) is 0.440. The predicted octanol–water partition coefficient (Wildman–Crippen LogP) is 3.20. The molecule has 1 fully saturated rings. The standard InChI is InChI=1S/C18H17Cl2N3O2/c19-14-6-4-13(15(20)11-14)5-7-17(24)22-9-10-23(18(25)12-22)16-3-1-2-8-21-16/h1-4,6,8,11H,5,7,9-10,12H2. The van der Waals surface area contributed by atoms with Crippen LogP contribution in [0.25, 0.3) is 0 Å². The second-order valence-electron chi connectivity index (χ2n) is 5.78. The molecule has 25 heavy (non-hydrogen) atoms. The van der Waals surface area contributed by atoms with Crippen molar-refractivity contribution in [2.24, 2.45) is 0 Å². The summed E-state index contributed by atoms with van der Waals surface area (Å²) in [6.45, 7) is 1.02. The highest BCUT2D eigenvalue weighted by Gasteiger charge is 2.28. The van der Waals surface area contributed by atoms with Gasteiger partial charge in [-0.25, -0.2) is 4.98 Å². The highest BCUT2D eigenvalue weighted by atomic mass is 35.5. The average Bonchev–Trinajstić information content (AvgIpc) is 2.61. The molecule has 0 unspecified atom stereocenters. The van der Waals surface area contributed by atoms with Crippen molar-refractivity contribution in [1.29, 1.82) is 0 Å². The number of carbonyl (C=O) groups is 2. The van der Waals surface area contributed by atoms with Gasteiger partial charge < -0.3 is 4.90 Å². The third-order valence-corrected chi connectivity index (χ3v) is 4.71. The van der Waals surface area contributed by atoms with Gasteiger partial charge in [0.15, 0.2) is 0 Å². The molecule has 1 saturated heterocycles. The summed E-state index contributed by atoms with van der Waals surface area (Å²) in [5, 5.41) is 1.12. The fraction of sp³-hybridized carbons (Fsp3) is 0.278. The Morgan fingerprint density at radius 3 is 2.68 bits per heavy atom. The summed E-state index contributed by atoms with van der Waals surface area (Å²) in [5.41, 5.74) is 0.873. The lowest BCUT2D eigenvalue weighted by Crippen LogP contribution is -2.52. The smallest absolute Gasteiger partial charge is 0.247 e. The van der Waals surface area contributed by atoms with Crippen LogP contribution in [0.4, 0.5) is 5.82 Å². The first-order valence-corrected chi connectivity index (χ1v) is 8.73. The van der Waals surface area contributed by atoms with Crippen molar-refractivity contribution in [2.75, 3.05) is 24.5 Å². The average molecular weight is 378 g/mol. The molecule has 0 spiro atoms. The van der Waals surface area contributed by atoms with Gasteiger partial charge in [-0.2, -0.15) is 0 Å². The van der Waals surface area contributed by atoms with Crippen molar-refractivity contribution in [3.05, 3.63) is 58.2 Å². The zero-order valence-electron chi connectivity index (χ0n) is 13.5. The van der Waals surface area contributed by atoms with Crippen molar-refractivity contribution in [3.8, 4) is 0 Å². The van der Waals surface area contributed by atoms with E-state index in [4.69, 9.17) is 23.2 Å². The molecule has 0 aliphatic carbocycles. The second kappa shape index (κ2) is 7.85. The molecule has 1 aromatic heterocycles. The Morgan fingerprint density at radius 2 is 2.00 bits per heavy atom. The van der Waals surface area contributed by atoms with Gasteiger partial charge in [-0.15, -0.1) is 0 Å². The number of hydrogen-bond acceptors (Lipinski definition) is 3. The van der Waals surface area contributed by atoms with E-state index in [9.17, 15) is 9.59 Å². The van der Waals surface area contributed by atoms with Crippen molar-refractivity contribution in [2.45, 2.75) is 12.8 Å². The van der Waals surface area contributed by atoms with Gasteiger partial charge in [-0.1, -0.05) is 35.3 Å². The monoisotopic (exact) mass is 377 g/mol. The van der Waals surface area contributed by atoms with E-state index in [0.717, 1.165) is 5.56 Å². The fourth-order valence-corrected chi connectivity index (χ4v) is 3.27. The van der Waals surface area contributed by atoms with Gasteiger partial charge in [-0.3, -0.25) is 14.5 Å². The number of carbonyl (C=O) groups excluding carboxylic acids is 2. The first-order chi connectivity index (χ1) is 12.0. The van der Waals surface area contributed by atoms with Crippen LogP contribution in [0.2, 0.25) is 10.0 Å². The van der Waals surface area contributed by atoms with E-state index in [1.54, 1.807) is 40.3 Å². The number of amides is 2. The molecule has 1 aromatic carbocycles. The van der Waals surface area contributed by atoms with E-state index in [1.807, 2.05) is 12.1 Å². The van der Waals surface area contributed by atoms with Gasteiger partial charge in [-0.05, 0) is 36.2 Å². The maximum atomic E-state index is 12.4. The molecule has 0 bridgehead atoms. The largest absolute Gasteiger partial charge is 0.332 e. The third kappa shape index (κ3) is 4.30. The molecule has 0 atom stereocenters. The Labute approximate surface area is 156 Å². The second-order valence-corrected chi connectivity index (χ2v) is 6.63. The number of pyridine rings is 1. The molecule has 5 nitrogen and oxygen atoms in total. The van der Waals surface area contributed by atoms with Crippen LogP contribution in [0.1, 0.15) is 12.0 Å². The van der Waals surface area contributed by atoms with Crippen LogP contribution in [0.5, 0.6) is 0 Å². The van der Waals surface area contributed by atoms with Crippen molar-refractivity contribution in [1.82, 2.24) is 9.88 Å². The molecule has 0 saturated carbocycles. The lowest BCUT2D eigenvalue weighted by molar-refractivity contribution is -0.136. The highest BCUT2D eigenvalue weighted by Crippen LogP contribution is 2.22. The Hall–Kier alpha value is -2.11. The summed E-state index contributed by atoms with van der Waals surface area (Å²) in [4.78, 5) is 32.1. The SMILES string of the molecule is O=C(CCc1ccc(Cl)cc1Cl)N1CCN(c2ccccn2)C(=O)C1. The summed E-state index contributed by atoms with van der Waals surface area (Å²) >= 11 is 12.0. The number of anilines is 1. The molecule has 130 valence electrons. The van der Waals surface area contributed by atoms with E-state index in [1.165, 1.54) is 0 Å². The predicted molar refractivity (Wildman–Crippen MR) is 98.0 cm³/mol. The van der Waals surface area contributed by atoms with Gasteiger partial charge in [0.25, 0.3) is 0 Å². The van der Waals surface area contributed by atoms with Crippen molar-refractivity contribution >= 4 is 40.8 Å². The molecule has 1 aliphatic rings. The topological polar surface area (TPSA) is 53.5 Å². The molecular formula is C18H17Cl2N3O2.